The van der Waals surface area contributed by atoms with Crippen molar-refractivity contribution < 1.29 is 41.5 Å². The van der Waals surface area contributed by atoms with E-state index in [0.717, 1.165) is 24.0 Å². The molecule has 4 amide bonds. The van der Waals surface area contributed by atoms with Crippen LogP contribution < -0.4 is 34.5 Å². The number of ether oxygens (including phenoxy) is 2. The zero-order valence-corrected chi connectivity index (χ0v) is 32.6. The molecule has 1 unspecified atom stereocenters. The maximum atomic E-state index is 16.2. The number of para-hydroxylation sites is 1. The number of imide groups is 1. The lowest BCUT2D eigenvalue weighted by Crippen LogP contribution is -2.47. The minimum absolute atomic E-state index is 0.0108. The topological polar surface area (TPSA) is 175 Å². The first-order valence-corrected chi connectivity index (χ1v) is 20.7. The molecule has 3 fully saturated rings. The maximum Gasteiger partial charge on any atom is 0.326 e. The van der Waals surface area contributed by atoms with Crippen LogP contribution in [0.25, 0.3) is 10.8 Å². The Balaban J connectivity index is 0.936. The lowest BCUT2D eigenvalue weighted by Gasteiger charge is -2.32. The normalized spacial score (nSPS) is 18.3. The monoisotopic (exact) mass is 820 g/mol. The summed E-state index contributed by atoms with van der Waals surface area (Å²) in [7, 11) is -4.34. The second kappa shape index (κ2) is 16.8. The lowest BCUT2D eigenvalue weighted by atomic mass is 9.89. The number of carbonyl (C=O) groups is 4. The summed E-state index contributed by atoms with van der Waals surface area (Å²) in [6.07, 6.45) is 2.20. The third-order valence-electron chi connectivity index (χ3n) is 10.6. The standard InChI is InChI=1S/C43H41FN6O8S/c44-41-33-13-12-31(21-30(33)23-37(57-26-27-7-3-1-4-8-27)42(41)50-25-40(53)48-59(50,55)56)45-39(52)24-49-19-17-28(18-20-49)29-11-14-34(46-35-15-16-38(51)47-43(35)54)36(22-29)58-32-9-5-2-6-10-32/h1-14,21-23,28,35,46H,15-20,24-26H2,(H,45,52)(H,48,53)(H,47,51,54). The number of piperidine rings is 2. The molecule has 3 aliphatic heterocycles. The number of hydrogen-bond donors (Lipinski definition) is 4. The first-order chi connectivity index (χ1) is 28.5. The fourth-order valence-electron chi connectivity index (χ4n) is 7.59. The number of benzene rings is 5. The SMILES string of the molecule is O=C1CCC(Nc2ccc(C3CCN(CC(=O)Nc4ccc5c(F)c(N6CC(=O)NS6(=O)=O)c(OCc6ccccc6)cc5c4)CC3)cc2Oc2ccccc2)C(=O)N1. The highest BCUT2D eigenvalue weighted by Crippen LogP contribution is 2.41. The first kappa shape index (κ1) is 39.3. The van der Waals surface area contributed by atoms with Gasteiger partial charge in [0.05, 0.1) is 12.2 Å². The Bertz CT molecular complexity index is 2530. The summed E-state index contributed by atoms with van der Waals surface area (Å²) >= 11 is 0. The molecule has 5 aromatic rings. The number of hydrogen-bond acceptors (Lipinski definition) is 10. The minimum Gasteiger partial charge on any atom is -0.487 e. The van der Waals surface area contributed by atoms with Gasteiger partial charge in [0.25, 0.3) is 5.91 Å². The molecule has 3 heterocycles. The number of likely N-dealkylation sites (tertiary alicyclic amines) is 1. The molecule has 14 nitrogen and oxygen atoms in total. The van der Waals surface area contributed by atoms with Gasteiger partial charge in [0, 0.05) is 17.5 Å². The van der Waals surface area contributed by atoms with Gasteiger partial charge in [-0.1, -0.05) is 54.6 Å². The van der Waals surface area contributed by atoms with Crippen LogP contribution >= 0.6 is 0 Å². The Morgan fingerprint density at radius 2 is 1.59 bits per heavy atom. The summed E-state index contributed by atoms with van der Waals surface area (Å²) in [6, 6.07) is 29.9. The van der Waals surface area contributed by atoms with E-state index in [9.17, 15) is 27.6 Å². The Morgan fingerprint density at radius 1 is 0.847 bits per heavy atom. The predicted octanol–water partition coefficient (Wildman–Crippen LogP) is 5.57. The molecule has 1 atom stereocenters. The average Bonchev–Trinajstić information content (AvgIpc) is 3.50. The number of nitrogens with zero attached hydrogens (tertiary/aromatic N) is 2. The van der Waals surface area contributed by atoms with Crippen molar-refractivity contribution >= 4 is 61.7 Å². The minimum atomic E-state index is -4.34. The number of nitrogens with one attached hydrogen (secondary N) is 4. The van der Waals surface area contributed by atoms with Crippen molar-refractivity contribution in [1.29, 1.82) is 0 Å². The number of anilines is 3. The summed E-state index contributed by atoms with van der Waals surface area (Å²) in [4.78, 5) is 51.7. The van der Waals surface area contributed by atoms with E-state index in [1.807, 2.05) is 83.6 Å². The van der Waals surface area contributed by atoms with Gasteiger partial charge in [0.15, 0.2) is 11.6 Å². The van der Waals surface area contributed by atoms with Gasteiger partial charge in [-0.25, -0.2) is 13.4 Å². The second-order valence-corrected chi connectivity index (χ2v) is 16.3. The fraction of sp³-hybridized carbons (Fsp3) is 0.256. The van der Waals surface area contributed by atoms with E-state index >= 15 is 4.39 Å². The zero-order valence-electron chi connectivity index (χ0n) is 31.8. The molecule has 304 valence electrons. The van der Waals surface area contributed by atoms with Crippen molar-refractivity contribution in [3.05, 3.63) is 120 Å². The molecule has 5 aromatic carbocycles. The Hall–Kier alpha value is -6.52. The number of fused-ring (bicyclic) bond motifs is 1. The third kappa shape index (κ3) is 8.98. The van der Waals surface area contributed by atoms with Crippen LogP contribution in [0.1, 0.15) is 42.7 Å². The van der Waals surface area contributed by atoms with Crippen LogP contribution in [0.4, 0.5) is 21.5 Å². The molecular weight excluding hydrogens is 780 g/mol. The van der Waals surface area contributed by atoms with Gasteiger partial charge in [-0.15, -0.1) is 0 Å². The molecule has 0 radical (unpaired) electrons. The summed E-state index contributed by atoms with van der Waals surface area (Å²) in [5.41, 5.74) is 2.51. The van der Waals surface area contributed by atoms with Crippen LogP contribution in [0.5, 0.6) is 17.2 Å². The molecule has 4 N–H and O–H groups in total. The number of halogens is 1. The first-order valence-electron chi connectivity index (χ1n) is 19.2. The van der Waals surface area contributed by atoms with Gasteiger partial charge in [-0.3, -0.25) is 29.4 Å². The molecule has 8 rings (SSSR count). The van der Waals surface area contributed by atoms with Crippen LogP contribution in [0.3, 0.4) is 0 Å². The molecule has 3 saturated heterocycles. The molecule has 59 heavy (non-hydrogen) atoms. The van der Waals surface area contributed by atoms with Crippen molar-refractivity contribution in [2.45, 2.75) is 44.2 Å². The van der Waals surface area contributed by atoms with Crippen LogP contribution in [0, 0.1) is 5.82 Å². The average molecular weight is 821 g/mol. The van der Waals surface area contributed by atoms with E-state index in [2.05, 4.69) is 20.9 Å². The van der Waals surface area contributed by atoms with Gasteiger partial charge in [0.2, 0.25) is 17.7 Å². The highest BCUT2D eigenvalue weighted by atomic mass is 32.2. The van der Waals surface area contributed by atoms with Crippen molar-refractivity contribution in [2.24, 2.45) is 0 Å². The van der Waals surface area contributed by atoms with Crippen LogP contribution in [0.2, 0.25) is 0 Å². The van der Waals surface area contributed by atoms with E-state index in [-0.39, 0.29) is 60.0 Å². The molecule has 0 spiro atoms. The van der Waals surface area contributed by atoms with E-state index < -0.39 is 34.5 Å². The molecule has 0 saturated carbocycles. The Labute approximate surface area is 339 Å². The van der Waals surface area contributed by atoms with Crippen LogP contribution in [-0.2, 0) is 36.0 Å². The predicted molar refractivity (Wildman–Crippen MR) is 219 cm³/mol. The fourth-order valence-corrected chi connectivity index (χ4v) is 8.75. The Kier molecular flexibility index (Phi) is 11.2. The van der Waals surface area contributed by atoms with E-state index in [1.165, 1.54) is 12.1 Å². The largest absolute Gasteiger partial charge is 0.487 e. The van der Waals surface area contributed by atoms with Crippen LogP contribution in [0.15, 0.2) is 103 Å². The summed E-state index contributed by atoms with van der Waals surface area (Å²) in [6.45, 7) is 0.866. The molecule has 0 aliphatic carbocycles. The van der Waals surface area contributed by atoms with Gasteiger partial charge < -0.3 is 20.1 Å². The van der Waals surface area contributed by atoms with Gasteiger partial charge >= 0.3 is 10.2 Å². The highest BCUT2D eigenvalue weighted by molar-refractivity contribution is 7.92. The maximum absolute atomic E-state index is 16.2. The van der Waals surface area contributed by atoms with Gasteiger partial charge in [-0.05, 0) is 103 Å². The molecule has 3 aliphatic rings. The third-order valence-corrected chi connectivity index (χ3v) is 12.0. The molecule has 0 aromatic heterocycles. The van der Waals surface area contributed by atoms with Crippen molar-refractivity contribution in [1.82, 2.24) is 14.9 Å². The van der Waals surface area contributed by atoms with Crippen LogP contribution in [-0.4, -0.2) is 69.2 Å². The van der Waals surface area contributed by atoms with E-state index in [4.69, 9.17) is 9.47 Å². The van der Waals surface area contributed by atoms with Crippen molar-refractivity contribution in [2.75, 3.05) is 41.1 Å². The van der Waals surface area contributed by atoms with Crippen molar-refractivity contribution in [3.8, 4) is 17.2 Å². The number of rotatable bonds is 12. The zero-order chi connectivity index (χ0) is 41.1. The number of carbonyl (C=O) groups excluding carboxylic acids is 4. The molecule has 16 heteroatoms. The highest BCUT2D eigenvalue weighted by Gasteiger charge is 2.38. The van der Waals surface area contributed by atoms with Crippen molar-refractivity contribution in [3.63, 3.8) is 0 Å². The summed E-state index contributed by atoms with van der Waals surface area (Å²) in [5.74, 6) is -1.27. The lowest BCUT2D eigenvalue weighted by molar-refractivity contribution is -0.133. The summed E-state index contributed by atoms with van der Waals surface area (Å²) in [5, 5.41) is 9.00. The smallest absolute Gasteiger partial charge is 0.326 e. The van der Waals surface area contributed by atoms with Gasteiger partial charge in [-0.2, -0.15) is 8.42 Å². The molecule has 0 bridgehead atoms. The second-order valence-electron chi connectivity index (χ2n) is 14.7. The summed E-state index contributed by atoms with van der Waals surface area (Å²) < 4.78 is 56.6. The van der Waals surface area contributed by atoms with Gasteiger partial charge in [0.1, 0.15) is 36.4 Å². The number of amides is 4. The van der Waals surface area contributed by atoms with E-state index in [1.54, 1.807) is 12.1 Å². The Morgan fingerprint density at radius 3 is 2.31 bits per heavy atom. The molecular formula is C43H41FN6O8S. The quantitative estimate of drug-likeness (QED) is 0.117. The van der Waals surface area contributed by atoms with E-state index in [0.29, 0.717) is 52.1 Å².